The standard InChI is InChI=1S/C8H10N2O2S/c11-13(12)5-8-9-4-3-7(10-8)6-1-2-6/h3-4,6H,1-2,5H2,(H,11,12). The van der Waals surface area contributed by atoms with Gasteiger partial charge >= 0.3 is 0 Å². The summed E-state index contributed by atoms with van der Waals surface area (Å²) in [6.07, 6.45) is 4.01. The van der Waals surface area contributed by atoms with Crippen LogP contribution in [0.1, 0.15) is 30.3 Å². The van der Waals surface area contributed by atoms with E-state index in [9.17, 15) is 4.21 Å². The lowest BCUT2D eigenvalue weighted by Gasteiger charge is -1.99. The van der Waals surface area contributed by atoms with E-state index in [1.54, 1.807) is 6.20 Å². The highest BCUT2D eigenvalue weighted by atomic mass is 32.2. The Kier molecular flexibility index (Phi) is 2.37. The van der Waals surface area contributed by atoms with E-state index in [0.29, 0.717) is 11.7 Å². The van der Waals surface area contributed by atoms with E-state index in [-0.39, 0.29) is 5.75 Å². The number of hydrogen-bond donors (Lipinski definition) is 1. The van der Waals surface area contributed by atoms with Crippen molar-refractivity contribution in [2.24, 2.45) is 0 Å². The Morgan fingerprint density at radius 3 is 3.00 bits per heavy atom. The second-order valence-electron chi connectivity index (χ2n) is 3.14. The van der Waals surface area contributed by atoms with Gasteiger partial charge in [-0.2, -0.15) is 0 Å². The van der Waals surface area contributed by atoms with Crippen LogP contribution < -0.4 is 0 Å². The molecular weight excluding hydrogens is 188 g/mol. The van der Waals surface area contributed by atoms with E-state index in [1.165, 1.54) is 12.8 Å². The molecule has 13 heavy (non-hydrogen) atoms. The molecule has 0 bridgehead atoms. The quantitative estimate of drug-likeness (QED) is 0.738. The summed E-state index contributed by atoms with van der Waals surface area (Å²) in [7, 11) is 0. The lowest BCUT2D eigenvalue weighted by molar-refractivity contribution is 0.561. The molecule has 2 rings (SSSR count). The molecule has 0 radical (unpaired) electrons. The van der Waals surface area contributed by atoms with Crippen LogP contribution in [-0.2, 0) is 16.8 Å². The van der Waals surface area contributed by atoms with Crippen molar-refractivity contribution < 1.29 is 8.76 Å². The van der Waals surface area contributed by atoms with Crippen LogP contribution in [0.3, 0.4) is 0 Å². The third-order valence-corrected chi connectivity index (χ3v) is 2.48. The summed E-state index contributed by atoms with van der Waals surface area (Å²) in [5.41, 5.74) is 1.01. The second-order valence-corrected chi connectivity index (χ2v) is 4.07. The van der Waals surface area contributed by atoms with Crippen LogP contribution >= 0.6 is 0 Å². The Labute approximate surface area is 78.7 Å². The molecule has 0 aliphatic heterocycles. The van der Waals surface area contributed by atoms with Crippen LogP contribution in [-0.4, -0.2) is 18.7 Å². The van der Waals surface area contributed by atoms with Gasteiger partial charge in [0.15, 0.2) is 11.1 Å². The first-order valence-corrected chi connectivity index (χ1v) is 5.42. The number of nitrogens with zero attached hydrogens (tertiary/aromatic N) is 2. The second kappa shape index (κ2) is 3.51. The third kappa shape index (κ3) is 2.32. The summed E-state index contributed by atoms with van der Waals surface area (Å²) < 4.78 is 19.1. The summed E-state index contributed by atoms with van der Waals surface area (Å²) in [5.74, 6) is 1.06. The molecule has 0 aromatic carbocycles. The van der Waals surface area contributed by atoms with Crippen molar-refractivity contribution >= 4 is 11.1 Å². The Balaban J connectivity index is 2.16. The zero-order valence-corrected chi connectivity index (χ0v) is 7.83. The number of hydrogen-bond acceptors (Lipinski definition) is 3. The molecule has 0 amide bonds. The Morgan fingerprint density at radius 2 is 2.38 bits per heavy atom. The molecule has 1 aliphatic carbocycles. The first kappa shape index (κ1) is 8.77. The molecule has 1 aromatic heterocycles. The summed E-state index contributed by atoms with van der Waals surface area (Å²) in [4.78, 5) is 8.14. The van der Waals surface area contributed by atoms with Crippen LogP contribution in [0.25, 0.3) is 0 Å². The predicted octanol–water partition coefficient (Wildman–Crippen LogP) is 1.08. The first-order chi connectivity index (χ1) is 6.25. The lowest BCUT2D eigenvalue weighted by Crippen LogP contribution is -2.01. The molecule has 1 fully saturated rings. The van der Waals surface area contributed by atoms with Crippen LogP contribution in [0.4, 0.5) is 0 Å². The van der Waals surface area contributed by atoms with Crippen molar-refractivity contribution in [1.82, 2.24) is 9.97 Å². The summed E-state index contributed by atoms with van der Waals surface area (Å²) in [6, 6.07) is 1.88. The molecule has 70 valence electrons. The Morgan fingerprint density at radius 1 is 1.62 bits per heavy atom. The highest BCUT2D eigenvalue weighted by molar-refractivity contribution is 7.78. The van der Waals surface area contributed by atoms with Gasteiger partial charge in [0.25, 0.3) is 0 Å². The molecule has 0 spiro atoms. The highest BCUT2D eigenvalue weighted by Crippen LogP contribution is 2.38. The highest BCUT2D eigenvalue weighted by Gasteiger charge is 2.25. The first-order valence-electron chi connectivity index (χ1n) is 4.15. The zero-order chi connectivity index (χ0) is 9.26. The molecule has 0 saturated heterocycles. The van der Waals surface area contributed by atoms with Gasteiger partial charge in [0, 0.05) is 17.8 Å². The van der Waals surface area contributed by atoms with Crippen molar-refractivity contribution in [2.75, 3.05) is 0 Å². The Hall–Kier alpha value is -0.810. The molecule has 1 atom stereocenters. The van der Waals surface area contributed by atoms with Crippen LogP contribution in [0.5, 0.6) is 0 Å². The fourth-order valence-corrected chi connectivity index (χ4v) is 1.56. The van der Waals surface area contributed by atoms with E-state index < -0.39 is 11.1 Å². The van der Waals surface area contributed by atoms with Crippen molar-refractivity contribution in [3.8, 4) is 0 Å². The fourth-order valence-electron chi connectivity index (χ4n) is 1.20. The summed E-state index contributed by atoms with van der Waals surface area (Å²) >= 11 is -1.84. The average Bonchev–Trinajstić information content (AvgIpc) is 2.85. The van der Waals surface area contributed by atoms with E-state index >= 15 is 0 Å². The van der Waals surface area contributed by atoms with E-state index in [4.69, 9.17) is 4.55 Å². The molecule has 1 N–H and O–H groups in total. The summed E-state index contributed by atoms with van der Waals surface area (Å²) in [5, 5.41) is 0. The number of rotatable bonds is 3. The van der Waals surface area contributed by atoms with Gasteiger partial charge in [0.05, 0.1) is 0 Å². The maximum atomic E-state index is 10.5. The topological polar surface area (TPSA) is 63.1 Å². The van der Waals surface area contributed by atoms with Gasteiger partial charge in [-0.3, -0.25) is 0 Å². The van der Waals surface area contributed by atoms with Crippen molar-refractivity contribution in [3.05, 3.63) is 23.8 Å². The maximum Gasteiger partial charge on any atom is 0.160 e. The summed E-state index contributed by atoms with van der Waals surface area (Å²) in [6.45, 7) is 0. The van der Waals surface area contributed by atoms with Crippen LogP contribution in [0.15, 0.2) is 12.3 Å². The third-order valence-electron chi connectivity index (χ3n) is 1.98. The smallest absolute Gasteiger partial charge is 0.160 e. The van der Waals surface area contributed by atoms with Gasteiger partial charge in [-0.1, -0.05) is 0 Å². The molecule has 4 nitrogen and oxygen atoms in total. The van der Waals surface area contributed by atoms with Gasteiger partial charge in [-0.25, -0.2) is 14.2 Å². The minimum Gasteiger partial charge on any atom is -0.306 e. The molecule has 1 saturated carbocycles. The van der Waals surface area contributed by atoms with E-state index in [2.05, 4.69) is 9.97 Å². The van der Waals surface area contributed by atoms with Gasteiger partial charge in [-0.05, 0) is 18.9 Å². The zero-order valence-electron chi connectivity index (χ0n) is 7.01. The minimum absolute atomic E-state index is 0.0283. The molecule has 5 heteroatoms. The average molecular weight is 198 g/mol. The fraction of sp³-hybridized carbons (Fsp3) is 0.500. The normalized spacial score (nSPS) is 18.5. The SMILES string of the molecule is O=S(O)Cc1nccc(C2CC2)n1. The molecule has 1 unspecified atom stereocenters. The van der Waals surface area contributed by atoms with Crippen LogP contribution in [0, 0.1) is 0 Å². The van der Waals surface area contributed by atoms with Crippen molar-refractivity contribution in [2.45, 2.75) is 24.5 Å². The van der Waals surface area contributed by atoms with Crippen LogP contribution in [0.2, 0.25) is 0 Å². The lowest BCUT2D eigenvalue weighted by atomic mass is 10.3. The molecular formula is C8H10N2O2S. The van der Waals surface area contributed by atoms with Crippen molar-refractivity contribution in [1.29, 1.82) is 0 Å². The number of aromatic nitrogens is 2. The monoisotopic (exact) mass is 198 g/mol. The minimum atomic E-state index is -1.84. The van der Waals surface area contributed by atoms with Crippen molar-refractivity contribution in [3.63, 3.8) is 0 Å². The molecule has 1 aromatic rings. The van der Waals surface area contributed by atoms with E-state index in [1.807, 2.05) is 6.07 Å². The maximum absolute atomic E-state index is 10.5. The van der Waals surface area contributed by atoms with Gasteiger partial charge in [-0.15, -0.1) is 0 Å². The van der Waals surface area contributed by atoms with Gasteiger partial charge in [0.2, 0.25) is 0 Å². The van der Waals surface area contributed by atoms with Gasteiger partial charge in [0.1, 0.15) is 11.6 Å². The predicted molar refractivity (Wildman–Crippen MR) is 48.5 cm³/mol. The largest absolute Gasteiger partial charge is 0.306 e. The van der Waals surface area contributed by atoms with Gasteiger partial charge < -0.3 is 4.55 Å². The van der Waals surface area contributed by atoms with E-state index in [0.717, 1.165) is 5.69 Å². The Bertz CT molecular complexity index is 339. The molecule has 1 heterocycles. The molecule has 1 aliphatic rings.